The minimum Gasteiger partial charge on any atom is -0.273 e. The fourth-order valence-electron chi connectivity index (χ4n) is 2.06. The number of nitrogens with zero attached hydrogens (tertiary/aromatic N) is 2. The third kappa shape index (κ3) is 4.40. The van der Waals surface area contributed by atoms with Gasteiger partial charge in [0.25, 0.3) is 5.91 Å². The number of benzene rings is 1. The second-order valence-electron chi connectivity index (χ2n) is 5.04. The summed E-state index contributed by atoms with van der Waals surface area (Å²) in [7, 11) is 0. The average Bonchev–Trinajstić information content (AvgIpc) is 3.09. The van der Waals surface area contributed by atoms with Gasteiger partial charge in [-0.2, -0.15) is 0 Å². The number of rotatable bonds is 4. The van der Waals surface area contributed by atoms with Crippen molar-refractivity contribution in [3.05, 3.63) is 70.5 Å². The molecule has 0 atom stereocenters. The lowest BCUT2D eigenvalue weighted by atomic mass is 10.2. The molecule has 0 aliphatic rings. The summed E-state index contributed by atoms with van der Waals surface area (Å²) in [4.78, 5) is 32.1. The third-order valence-corrected chi connectivity index (χ3v) is 4.51. The number of hydrogen-bond acceptors (Lipinski definition) is 5. The van der Waals surface area contributed by atoms with Crippen LogP contribution in [0.25, 0.3) is 10.6 Å². The van der Waals surface area contributed by atoms with Gasteiger partial charge in [0.15, 0.2) is 0 Å². The SMILES string of the molecule is O=C(Cc1csc(-c2ccccc2Cl)n1)NNC(=O)c1ccncc1. The molecule has 0 fully saturated rings. The van der Waals surface area contributed by atoms with Crippen molar-refractivity contribution in [2.45, 2.75) is 6.42 Å². The van der Waals surface area contributed by atoms with E-state index in [1.54, 1.807) is 23.6 Å². The molecule has 0 aliphatic carbocycles. The zero-order valence-corrected chi connectivity index (χ0v) is 14.5. The number of carbonyl (C=O) groups excluding carboxylic acids is 2. The fraction of sp³-hybridized carbons (Fsp3) is 0.0588. The molecule has 3 aromatic rings. The second-order valence-corrected chi connectivity index (χ2v) is 6.30. The lowest BCUT2D eigenvalue weighted by molar-refractivity contribution is -0.121. The predicted molar refractivity (Wildman–Crippen MR) is 96.1 cm³/mol. The highest BCUT2D eigenvalue weighted by Gasteiger charge is 2.12. The Morgan fingerprint density at radius 3 is 2.60 bits per heavy atom. The van der Waals surface area contributed by atoms with Crippen molar-refractivity contribution in [3.8, 4) is 10.6 Å². The van der Waals surface area contributed by atoms with E-state index in [0.29, 0.717) is 16.3 Å². The Hall–Kier alpha value is -2.77. The first-order valence-electron chi connectivity index (χ1n) is 7.32. The molecule has 2 heterocycles. The molecule has 0 radical (unpaired) electrons. The van der Waals surface area contributed by atoms with Crippen LogP contribution in [0.15, 0.2) is 54.2 Å². The van der Waals surface area contributed by atoms with E-state index in [9.17, 15) is 9.59 Å². The van der Waals surface area contributed by atoms with Gasteiger partial charge >= 0.3 is 0 Å². The van der Waals surface area contributed by atoms with E-state index in [4.69, 9.17) is 11.6 Å². The van der Waals surface area contributed by atoms with Crippen molar-refractivity contribution in [1.82, 2.24) is 20.8 Å². The summed E-state index contributed by atoms with van der Waals surface area (Å²) in [6.45, 7) is 0. The zero-order valence-electron chi connectivity index (χ0n) is 12.9. The summed E-state index contributed by atoms with van der Waals surface area (Å²) in [5.74, 6) is -0.774. The number of aromatic nitrogens is 2. The van der Waals surface area contributed by atoms with Crippen LogP contribution in [0.2, 0.25) is 5.02 Å². The second kappa shape index (κ2) is 7.87. The quantitative estimate of drug-likeness (QED) is 0.690. The van der Waals surface area contributed by atoms with Crippen molar-refractivity contribution < 1.29 is 9.59 Å². The number of hydrogen-bond donors (Lipinski definition) is 2. The van der Waals surface area contributed by atoms with Crippen LogP contribution in [0.4, 0.5) is 0 Å². The van der Waals surface area contributed by atoms with Gasteiger partial charge in [0.05, 0.1) is 17.1 Å². The lowest BCUT2D eigenvalue weighted by Gasteiger charge is -2.06. The molecule has 2 aromatic heterocycles. The summed E-state index contributed by atoms with van der Waals surface area (Å²) in [6.07, 6.45) is 3.06. The van der Waals surface area contributed by atoms with E-state index in [0.717, 1.165) is 10.6 Å². The van der Waals surface area contributed by atoms with Crippen molar-refractivity contribution in [2.75, 3.05) is 0 Å². The molecule has 2 N–H and O–H groups in total. The molecule has 2 amide bonds. The molecule has 25 heavy (non-hydrogen) atoms. The van der Waals surface area contributed by atoms with Gasteiger partial charge in [0, 0.05) is 28.9 Å². The summed E-state index contributed by atoms with van der Waals surface area (Å²) in [6, 6.07) is 10.5. The Kier molecular flexibility index (Phi) is 5.37. The molecule has 1 aromatic carbocycles. The van der Waals surface area contributed by atoms with Gasteiger partial charge < -0.3 is 0 Å². The summed E-state index contributed by atoms with van der Waals surface area (Å²) in [5.41, 5.74) is 6.56. The van der Waals surface area contributed by atoms with E-state index >= 15 is 0 Å². The van der Waals surface area contributed by atoms with Crippen LogP contribution >= 0.6 is 22.9 Å². The van der Waals surface area contributed by atoms with Crippen LogP contribution in [0.5, 0.6) is 0 Å². The molecule has 0 unspecified atom stereocenters. The highest BCUT2D eigenvalue weighted by atomic mass is 35.5. The van der Waals surface area contributed by atoms with Crippen molar-refractivity contribution >= 4 is 34.8 Å². The Labute approximate surface area is 152 Å². The Balaban J connectivity index is 1.57. The summed E-state index contributed by atoms with van der Waals surface area (Å²) >= 11 is 7.56. The van der Waals surface area contributed by atoms with Gasteiger partial charge in [-0.3, -0.25) is 25.4 Å². The van der Waals surface area contributed by atoms with Crippen molar-refractivity contribution in [2.24, 2.45) is 0 Å². The Morgan fingerprint density at radius 2 is 1.84 bits per heavy atom. The van der Waals surface area contributed by atoms with Gasteiger partial charge in [-0.25, -0.2) is 4.98 Å². The smallest absolute Gasteiger partial charge is 0.269 e. The van der Waals surface area contributed by atoms with E-state index < -0.39 is 5.91 Å². The number of pyridine rings is 1. The summed E-state index contributed by atoms with van der Waals surface area (Å²) < 4.78 is 0. The Morgan fingerprint density at radius 1 is 1.08 bits per heavy atom. The van der Waals surface area contributed by atoms with Crippen LogP contribution in [-0.4, -0.2) is 21.8 Å². The van der Waals surface area contributed by atoms with Crippen LogP contribution in [0.3, 0.4) is 0 Å². The normalized spacial score (nSPS) is 10.3. The van der Waals surface area contributed by atoms with Gasteiger partial charge in [-0.1, -0.05) is 29.8 Å². The molecule has 0 saturated carbocycles. The standard InChI is InChI=1S/C17H13ClN4O2S/c18-14-4-2-1-3-13(14)17-20-12(10-25-17)9-15(23)21-22-16(24)11-5-7-19-8-6-11/h1-8,10H,9H2,(H,21,23)(H,22,24). The molecule has 0 saturated heterocycles. The molecule has 3 rings (SSSR count). The minimum atomic E-state index is -0.411. The van der Waals surface area contributed by atoms with Crippen LogP contribution in [0.1, 0.15) is 16.1 Å². The van der Waals surface area contributed by atoms with Crippen LogP contribution < -0.4 is 10.9 Å². The van der Waals surface area contributed by atoms with Crippen molar-refractivity contribution in [1.29, 1.82) is 0 Å². The number of amides is 2. The number of halogens is 1. The maximum absolute atomic E-state index is 12.0. The van der Waals surface area contributed by atoms with E-state index in [1.807, 2.05) is 18.2 Å². The van der Waals surface area contributed by atoms with Crippen molar-refractivity contribution in [3.63, 3.8) is 0 Å². The first-order valence-corrected chi connectivity index (χ1v) is 8.58. The van der Waals surface area contributed by atoms with Gasteiger partial charge in [0.1, 0.15) is 5.01 Å². The van der Waals surface area contributed by atoms with E-state index in [2.05, 4.69) is 20.8 Å². The monoisotopic (exact) mass is 372 g/mol. The Bertz CT molecular complexity index is 898. The first kappa shape index (κ1) is 17.1. The number of thiazole rings is 1. The predicted octanol–water partition coefficient (Wildman–Crippen LogP) is 2.86. The zero-order chi connectivity index (χ0) is 17.6. The molecular formula is C17H13ClN4O2S. The summed E-state index contributed by atoms with van der Waals surface area (Å²) in [5, 5.41) is 3.15. The molecular weight excluding hydrogens is 360 g/mol. The molecule has 0 spiro atoms. The van der Waals surface area contributed by atoms with Crippen LogP contribution in [0, 0.1) is 0 Å². The lowest BCUT2D eigenvalue weighted by Crippen LogP contribution is -2.42. The minimum absolute atomic E-state index is 0.0532. The van der Waals surface area contributed by atoms with Gasteiger partial charge in [-0.15, -0.1) is 11.3 Å². The maximum atomic E-state index is 12.0. The fourth-order valence-corrected chi connectivity index (χ4v) is 3.20. The topological polar surface area (TPSA) is 84.0 Å². The maximum Gasteiger partial charge on any atom is 0.269 e. The molecule has 0 aliphatic heterocycles. The molecule has 8 heteroatoms. The number of hydrazine groups is 1. The molecule has 6 nitrogen and oxygen atoms in total. The van der Waals surface area contributed by atoms with E-state index in [1.165, 1.54) is 23.7 Å². The third-order valence-electron chi connectivity index (χ3n) is 3.26. The molecule has 126 valence electrons. The number of nitrogens with one attached hydrogen (secondary N) is 2. The highest BCUT2D eigenvalue weighted by Crippen LogP contribution is 2.30. The van der Waals surface area contributed by atoms with Crippen LogP contribution in [-0.2, 0) is 11.2 Å². The molecule has 0 bridgehead atoms. The van der Waals surface area contributed by atoms with E-state index in [-0.39, 0.29) is 12.3 Å². The largest absolute Gasteiger partial charge is 0.273 e. The average molecular weight is 373 g/mol. The first-order chi connectivity index (χ1) is 12.1. The highest BCUT2D eigenvalue weighted by molar-refractivity contribution is 7.13. The van der Waals surface area contributed by atoms with Gasteiger partial charge in [0.2, 0.25) is 5.91 Å². The number of carbonyl (C=O) groups is 2. The van der Waals surface area contributed by atoms with Gasteiger partial charge in [-0.05, 0) is 18.2 Å².